The first-order valence-electron chi connectivity index (χ1n) is 5.28. The quantitative estimate of drug-likeness (QED) is 0.826. The lowest BCUT2D eigenvalue weighted by Crippen LogP contribution is -2.49. The van der Waals surface area contributed by atoms with Crippen LogP contribution in [0, 0.1) is 0 Å². The minimum absolute atomic E-state index is 0.00315. The third-order valence-corrected chi connectivity index (χ3v) is 2.61. The summed E-state index contributed by atoms with van der Waals surface area (Å²) in [5, 5.41) is 8.78. The first-order chi connectivity index (χ1) is 8.16. The lowest BCUT2D eigenvalue weighted by atomic mass is 10.1. The summed E-state index contributed by atoms with van der Waals surface area (Å²) in [4.78, 5) is 23.9. The zero-order valence-electron chi connectivity index (χ0n) is 9.17. The van der Waals surface area contributed by atoms with E-state index >= 15 is 0 Å². The van der Waals surface area contributed by atoms with Crippen LogP contribution in [0.15, 0.2) is 22.8 Å². The Morgan fingerprint density at radius 3 is 3.06 bits per heavy atom. The van der Waals surface area contributed by atoms with Gasteiger partial charge in [-0.15, -0.1) is 0 Å². The van der Waals surface area contributed by atoms with Gasteiger partial charge < -0.3 is 19.2 Å². The minimum Gasteiger partial charge on any atom is -0.481 e. The highest BCUT2D eigenvalue weighted by Gasteiger charge is 2.30. The van der Waals surface area contributed by atoms with Gasteiger partial charge in [0.05, 0.1) is 31.9 Å². The first kappa shape index (κ1) is 11.7. The average Bonchev–Trinajstić information content (AvgIpc) is 2.75. The van der Waals surface area contributed by atoms with Gasteiger partial charge in [0.15, 0.2) is 0 Å². The van der Waals surface area contributed by atoms with Crippen molar-refractivity contribution in [1.82, 2.24) is 4.90 Å². The molecular formula is C11H13NO5. The molecule has 92 valence electrons. The number of ether oxygens (including phenoxy) is 1. The lowest BCUT2D eigenvalue weighted by Gasteiger charge is -2.34. The van der Waals surface area contributed by atoms with Crippen LogP contribution in [-0.4, -0.2) is 41.1 Å². The molecule has 1 aliphatic heterocycles. The van der Waals surface area contributed by atoms with Crippen LogP contribution in [0.4, 0.5) is 0 Å². The van der Waals surface area contributed by atoms with Crippen LogP contribution >= 0.6 is 0 Å². The Morgan fingerprint density at radius 1 is 1.59 bits per heavy atom. The van der Waals surface area contributed by atoms with Gasteiger partial charge in [0.2, 0.25) is 5.91 Å². The summed E-state index contributed by atoms with van der Waals surface area (Å²) in [6.07, 6.45) is 1.40. The summed E-state index contributed by atoms with van der Waals surface area (Å²) in [5.74, 6) is -0.521. The summed E-state index contributed by atoms with van der Waals surface area (Å²) in [5.41, 5.74) is 0. The van der Waals surface area contributed by atoms with Crippen molar-refractivity contribution in [2.75, 3.05) is 13.2 Å². The number of morpholine rings is 1. The van der Waals surface area contributed by atoms with Crippen molar-refractivity contribution in [1.29, 1.82) is 0 Å². The topological polar surface area (TPSA) is 80.0 Å². The molecule has 2 heterocycles. The zero-order valence-corrected chi connectivity index (χ0v) is 9.17. The number of nitrogens with zero attached hydrogens (tertiary/aromatic N) is 1. The van der Waals surface area contributed by atoms with E-state index in [1.54, 1.807) is 12.1 Å². The predicted molar refractivity (Wildman–Crippen MR) is 56.1 cm³/mol. The fourth-order valence-corrected chi connectivity index (χ4v) is 1.82. The standard InChI is InChI=1S/C11H13NO5/c13-10-7-16-6-8(4-11(14)15)12(10)5-9-2-1-3-17-9/h1-3,8H,4-7H2,(H,14,15). The van der Waals surface area contributed by atoms with E-state index < -0.39 is 12.0 Å². The van der Waals surface area contributed by atoms with E-state index in [0.717, 1.165) is 0 Å². The Bertz CT molecular complexity index is 400. The second-order valence-electron chi connectivity index (χ2n) is 3.87. The largest absolute Gasteiger partial charge is 0.481 e. The van der Waals surface area contributed by atoms with Crippen molar-refractivity contribution in [3.63, 3.8) is 0 Å². The Labute approximate surface area is 97.8 Å². The average molecular weight is 239 g/mol. The van der Waals surface area contributed by atoms with Gasteiger partial charge in [-0.05, 0) is 12.1 Å². The van der Waals surface area contributed by atoms with Gasteiger partial charge >= 0.3 is 5.97 Å². The van der Waals surface area contributed by atoms with Crippen molar-refractivity contribution < 1.29 is 23.8 Å². The summed E-state index contributed by atoms with van der Waals surface area (Å²) in [6, 6.07) is 3.05. The molecular weight excluding hydrogens is 226 g/mol. The Hall–Kier alpha value is -1.82. The van der Waals surface area contributed by atoms with Gasteiger partial charge in [-0.3, -0.25) is 9.59 Å². The molecule has 6 heteroatoms. The minimum atomic E-state index is -0.947. The molecule has 1 aromatic heterocycles. The Morgan fingerprint density at radius 2 is 2.41 bits per heavy atom. The van der Waals surface area contributed by atoms with Crippen molar-refractivity contribution in [3.05, 3.63) is 24.2 Å². The molecule has 1 fully saturated rings. The van der Waals surface area contributed by atoms with E-state index in [1.165, 1.54) is 11.2 Å². The van der Waals surface area contributed by atoms with Crippen molar-refractivity contribution in [2.24, 2.45) is 0 Å². The van der Waals surface area contributed by atoms with Crippen LogP contribution in [0.1, 0.15) is 12.2 Å². The number of hydrogen-bond acceptors (Lipinski definition) is 4. The third kappa shape index (κ3) is 2.85. The molecule has 0 bridgehead atoms. The van der Waals surface area contributed by atoms with Crippen LogP contribution in [-0.2, 0) is 20.9 Å². The monoisotopic (exact) mass is 239 g/mol. The second-order valence-corrected chi connectivity index (χ2v) is 3.87. The third-order valence-electron chi connectivity index (χ3n) is 2.61. The number of carbonyl (C=O) groups is 2. The SMILES string of the molecule is O=C(O)CC1COCC(=O)N1Cc1ccco1. The number of aliphatic carboxylic acids is 1. The highest BCUT2D eigenvalue weighted by atomic mass is 16.5. The molecule has 2 rings (SSSR count). The van der Waals surface area contributed by atoms with Crippen molar-refractivity contribution in [3.8, 4) is 0 Å². The number of carbonyl (C=O) groups excluding carboxylic acids is 1. The van der Waals surface area contributed by atoms with E-state index in [9.17, 15) is 9.59 Å². The molecule has 1 unspecified atom stereocenters. The molecule has 6 nitrogen and oxygen atoms in total. The predicted octanol–water partition coefficient (Wildman–Crippen LogP) is 0.482. The van der Waals surface area contributed by atoms with E-state index in [2.05, 4.69) is 0 Å². The van der Waals surface area contributed by atoms with Crippen LogP contribution in [0.25, 0.3) is 0 Å². The maximum atomic E-state index is 11.7. The maximum absolute atomic E-state index is 11.7. The molecule has 0 aromatic carbocycles. The zero-order chi connectivity index (χ0) is 12.3. The van der Waals surface area contributed by atoms with Crippen LogP contribution in [0.5, 0.6) is 0 Å². The lowest BCUT2D eigenvalue weighted by molar-refractivity contribution is -0.153. The van der Waals surface area contributed by atoms with Crippen LogP contribution < -0.4 is 0 Å². The van der Waals surface area contributed by atoms with E-state index in [0.29, 0.717) is 5.76 Å². The van der Waals surface area contributed by atoms with Gasteiger partial charge in [-0.2, -0.15) is 0 Å². The van der Waals surface area contributed by atoms with E-state index in [4.69, 9.17) is 14.3 Å². The highest BCUT2D eigenvalue weighted by Crippen LogP contribution is 2.16. The van der Waals surface area contributed by atoms with Gasteiger partial charge in [-0.25, -0.2) is 0 Å². The number of carboxylic acids is 1. The normalized spacial score (nSPS) is 20.6. The number of amides is 1. The molecule has 1 saturated heterocycles. The second kappa shape index (κ2) is 5.01. The van der Waals surface area contributed by atoms with Gasteiger partial charge in [0.1, 0.15) is 12.4 Å². The first-order valence-corrected chi connectivity index (χ1v) is 5.28. The molecule has 0 radical (unpaired) electrons. The maximum Gasteiger partial charge on any atom is 0.305 e. The van der Waals surface area contributed by atoms with E-state index in [1.807, 2.05) is 0 Å². The molecule has 1 N–H and O–H groups in total. The molecule has 0 spiro atoms. The van der Waals surface area contributed by atoms with Crippen molar-refractivity contribution >= 4 is 11.9 Å². The fourth-order valence-electron chi connectivity index (χ4n) is 1.82. The number of hydrogen-bond donors (Lipinski definition) is 1. The number of furan rings is 1. The smallest absolute Gasteiger partial charge is 0.305 e. The van der Waals surface area contributed by atoms with Crippen LogP contribution in [0.3, 0.4) is 0 Å². The fraction of sp³-hybridized carbons (Fsp3) is 0.455. The molecule has 1 amide bonds. The Balaban J connectivity index is 2.07. The van der Waals surface area contributed by atoms with Gasteiger partial charge in [0.25, 0.3) is 0 Å². The molecule has 1 aromatic rings. The van der Waals surface area contributed by atoms with E-state index in [-0.39, 0.29) is 32.1 Å². The van der Waals surface area contributed by atoms with Crippen molar-refractivity contribution in [2.45, 2.75) is 19.0 Å². The van der Waals surface area contributed by atoms with Gasteiger partial charge in [0, 0.05) is 0 Å². The van der Waals surface area contributed by atoms with Gasteiger partial charge in [-0.1, -0.05) is 0 Å². The molecule has 0 aliphatic carbocycles. The summed E-state index contributed by atoms with van der Waals surface area (Å²) in [7, 11) is 0. The summed E-state index contributed by atoms with van der Waals surface area (Å²) in [6.45, 7) is 0.530. The Kier molecular flexibility index (Phi) is 3.43. The highest BCUT2D eigenvalue weighted by molar-refractivity contribution is 5.79. The summed E-state index contributed by atoms with van der Waals surface area (Å²) >= 11 is 0. The molecule has 1 aliphatic rings. The molecule has 17 heavy (non-hydrogen) atoms. The molecule has 1 atom stereocenters. The van der Waals surface area contributed by atoms with Crippen LogP contribution in [0.2, 0.25) is 0 Å². The summed E-state index contributed by atoms with van der Waals surface area (Å²) < 4.78 is 10.2. The number of rotatable bonds is 4. The number of carboxylic acid groups (broad SMARTS) is 1. The molecule has 0 saturated carbocycles.